The lowest BCUT2D eigenvalue weighted by molar-refractivity contribution is -0.136. The molecule has 1 aliphatic heterocycles. The van der Waals surface area contributed by atoms with Crippen LogP contribution in [0, 0.1) is 3.77 Å². The Kier molecular flexibility index (Phi) is 6.09. The Morgan fingerprint density at radius 1 is 1.32 bits per heavy atom. The highest BCUT2D eigenvalue weighted by Gasteiger charge is 2.35. The number of carbonyl (C=O) groups is 1. The van der Waals surface area contributed by atoms with E-state index in [2.05, 4.69) is 27.6 Å². The van der Waals surface area contributed by atoms with E-state index in [1.807, 2.05) is 6.07 Å². The van der Waals surface area contributed by atoms with Gasteiger partial charge in [0.2, 0.25) is 0 Å². The molecule has 0 radical (unpaired) electrons. The number of thiazole rings is 1. The fraction of sp³-hybridized carbons (Fsp3) is 0.190. The van der Waals surface area contributed by atoms with Crippen LogP contribution in [0.25, 0.3) is 6.08 Å². The first-order chi connectivity index (χ1) is 14.8. The quantitative estimate of drug-likeness (QED) is 0.355. The normalized spacial score (nSPS) is 16.2. The molecule has 0 bridgehead atoms. The summed E-state index contributed by atoms with van der Waals surface area (Å²) in [6.07, 6.45) is 1.66. The summed E-state index contributed by atoms with van der Waals surface area (Å²) in [4.78, 5) is 31.1. The third-order valence-corrected chi connectivity index (χ3v) is 6.58. The third kappa shape index (κ3) is 3.97. The molecule has 4 rings (SSSR count). The summed E-state index contributed by atoms with van der Waals surface area (Å²) in [6.45, 7) is 1.71. The van der Waals surface area contributed by atoms with Crippen molar-refractivity contribution in [3.8, 4) is 5.75 Å². The van der Waals surface area contributed by atoms with Gasteiger partial charge in [-0.05, 0) is 59.8 Å². The molecule has 0 saturated carbocycles. The lowest BCUT2D eigenvalue weighted by atomic mass is 9.95. The second kappa shape index (κ2) is 8.64. The number of rotatable bonds is 4. The molecule has 160 valence electrons. The summed E-state index contributed by atoms with van der Waals surface area (Å²) in [6, 6.07) is 7.84. The van der Waals surface area contributed by atoms with E-state index >= 15 is 0 Å². The van der Waals surface area contributed by atoms with Crippen molar-refractivity contribution in [1.29, 1.82) is 0 Å². The van der Waals surface area contributed by atoms with Gasteiger partial charge in [-0.2, -0.15) is 0 Å². The molecule has 0 fully saturated rings. The number of hydrogen-bond acceptors (Lipinski definition) is 7. The van der Waals surface area contributed by atoms with E-state index in [1.54, 1.807) is 37.3 Å². The number of methoxy groups -OCH3 is 2. The van der Waals surface area contributed by atoms with Crippen LogP contribution in [-0.4, -0.2) is 24.8 Å². The Balaban J connectivity index is 2.04. The molecule has 0 saturated heterocycles. The number of hydrogen-bond donors (Lipinski definition) is 0. The lowest BCUT2D eigenvalue weighted by Crippen LogP contribution is -2.40. The van der Waals surface area contributed by atoms with E-state index in [1.165, 1.54) is 30.1 Å². The molecule has 0 N–H and O–H groups in total. The number of benzene rings is 1. The molecule has 10 heteroatoms. The second-order valence-corrected chi connectivity index (χ2v) is 9.11. The van der Waals surface area contributed by atoms with Gasteiger partial charge in [-0.1, -0.05) is 22.9 Å². The van der Waals surface area contributed by atoms with Crippen molar-refractivity contribution < 1.29 is 18.7 Å². The van der Waals surface area contributed by atoms with Gasteiger partial charge < -0.3 is 13.9 Å². The number of esters is 1. The van der Waals surface area contributed by atoms with E-state index in [-0.39, 0.29) is 11.1 Å². The van der Waals surface area contributed by atoms with Crippen LogP contribution in [0.2, 0.25) is 5.02 Å². The van der Waals surface area contributed by atoms with Crippen molar-refractivity contribution in [2.45, 2.75) is 13.0 Å². The molecule has 1 atom stereocenters. The van der Waals surface area contributed by atoms with E-state index < -0.39 is 12.0 Å². The average molecular weight is 571 g/mol. The van der Waals surface area contributed by atoms with Gasteiger partial charge >= 0.3 is 5.97 Å². The molecular formula is C21H16ClIN2O5S. The molecule has 3 aromatic rings. The van der Waals surface area contributed by atoms with Gasteiger partial charge in [-0.25, -0.2) is 9.79 Å². The van der Waals surface area contributed by atoms with Crippen molar-refractivity contribution in [3.63, 3.8) is 0 Å². The second-order valence-electron chi connectivity index (χ2n) is 6.60. The summed E-state index contributed by atoms with van der Waals surface area (Å²) in [7, 11) is 2.81. The fourth-order valence-corrected chi connectivity index (χ4v) is 5.08. The molecule has 7 nitrogen and oxygen atoms in total. The molecule has 2 aromatic heterocycles. The van der Waals surface area contributed by atoms with E-state index in [0.717, 1.165) is 0 Å². The minimum Gasteiger partial charge on any atom is -0.496 e. The zero-order valence-corrected chi connectivity index (χ0v) is 20.4. The van der Waals surface area contributed by atoms with E-state index in [0.29, 0.717) is 40.9 Å². The molecular weight excluding hydrogens is 555 g/mol. The van der Waals surface area contributed by atoms with Gasteiger partial charge in [0, 0.05) is 16.7 Å². The molecule has 3 heterocycles. The van der Waals surface area contributed by atoms with Crippen LogP contribution in [-0.2, 0) is 9.53 Å². The zero-order valence-electron chi connectivity index (χ0n) is 16.6. The molecule has 1 aliphatic rings. The van der Waals surface area contributed by atoms with Crippen LogP contribution in [0.5, 0.6) is 5.75 Å². The van der Waals surface area contributed by atoms with Crippen LogP contribution in [0.4, 0.5) is 0 Å². The fourth-order valence-electron chi connectivity index (χ4n) is 3.44. The van der Waals surface area contributed by atoms with Gasteiger partial charge in [0.1, 0.15) is 17.6 Å². The number of halogens is 2. The molecule has 0 unspecified atom stereocenters. The first kappa shape index (κ1) is 21.8. The average Bonchev–Trinajstić information content (AvgIpc) is 3.29. The lowest BCUT2D eigenvalue weighted by Gasteiger charge is -2.25. The van der Waals surface area contributed by atoms with Gasteiger partial charge in [-0.15, -0.1) is 0 Å². The summed E-state index contributed by atoms with van der Waals surface area (Å²) < 4.78 is 18.7. The minimum absolute atomic E-state index is 0.245. The van der Waals surface area contributed by atoms with Crippen LogP contribution >= 0.6 is 45.5 Å². The maximum absolute atomic E-state index is 13.4. The van der Waals surface area contributed by atoms with Gasteiger partial charge in [0.05, 0.1) is 30.0 Å². The third-order valence-electron chi connectivity index (χ3n) is 4.78. The van der Waals surface area contributed by atoms with Crippen LogP contribution in [0.15, 0.2) is 55.8 Å². The Morgan fingerprint density at radius 3 is 2.74 bits per heavy atom. The maximum atomic E-state index is 13.4. The van der Waals surface area contributed by atoms with Crippen LogP contribution < -0.4 is 19.6 Å². The van der Waals surface area contributed by atoms with Crippen molar-refractivity contribution in [3.05, 3.63) is 81.4 Å². The minimum atomic E-state index is -0.809. The predicted molar refractivity (Wildman–Crippen MR) is 125 cm³/mol. The number of allylic oxidation sites excluding steroid dienone is 1. The molecule has 0 aliphatic carbocycles. The number of carbonyl (C=O) groups excluding carboxylic acids is 1. The topological polar surface area (TPSA) is 83.0 Å². The maximum Gasteiger partial charge on any atom is 0.338 e. The summed E-state index contributed by atoms with van der Waals surface area (Å²) in [5, 5.41) is 0.446. The molecule has 0 amide bonds. The van der Waals surface area contributed by atoms with Crippen molar-refractivity contribution in [2.24, 2.45) is 4.99 Å². The van der Waals surface area contributed by atoms with Gasteiger partial charge in [0.25, 0.3) is 5.56 Å². The SMILES string of the molecule is COC(=O)C1=C(C)N=c2s/c(=C\c3ccc(I)o3)c(=O)n2[C@H]1c1cc(Cl)ccc1OC. The number of nitrogens with zero attached hydrogens (tertiary/aromatic N) is 2. The van der Waals surface area contributed by atoms with Gasteiger partial charge in [0.15, 0.2) is 8.57 Å². The van der Waals surface area contributed by atoms with Crippen LogP contribution in [0.3, 0.4) is 0 Å². The Hall–Kier alpha value is -2.37. The summed E-state index contributed by atoms with van der Waals surface area (Å²) >= 11 is 9.53. The molecule has 0 spiro atoms. The number of furan rings is 1. The van der Waals surface area contributed by atoms with Crippen molar-refractivity contribution >= 4 is 57.6 Å². The number of ether oxygens (including phenoxy) is 2. The standard InChI is InChI=1S/C21H16ClIN2O5S/c1-10-17(20(27)29-3)18(13-8-11(22)4-6-14(13)28-2)25-19(26)15(31-21(25)24-10)9-12-5-7-16(23)30-12/h4-9,18H,1-3H3/b15-9-/t18-/m0/s1. The Labute approximate surface area is 199 Å². The Bertz CT molecular complexity index is 1400. The van der Waals surface area contributed by atoms with Crippen molar-refractivity contribution in [1.82, 2.24) is 4.57 Å². The summed E-state index contributed by atoms with van der Waals surface area (Å²) in [5.74, 6) is 0.458. The highest BCUT2D eigenvalue weighted by atomic mass is 127. The highest BCUT2D eigenvalue weighted by Crippen LogP contribution is 2.37. The van der Waals surface area contributed by atoms with Crippen molar-refractivity contribution in [2.75, 3.05) is 14.2 Å². The summed E-state index contributed by atoms with van der Waals surface area (Å²) in [5.41, 5.74) is 0.953. The monoisotopic (exact) mass is 570 g/mol. The number of aromatic nitrogens is 1. The smallest absolute Gasteiger partial charge is 0.338 e. The molecule has 1 aromatic carbocycles. The van der Waals surface area contributed by atoms with Gasteiger partial charge in [-0.3, -0.25) is 9.36 Å². The largest absolute Gasteiger partial charge is 0.496 e. The molecule has 31 heavy (non-hydrogen) atoms. The zero-order chi connectivity index (χ0) is 22.3. The van der Waals surface area contributed by atoms with E-state index in [9.17, 15) is 9.59 Å². The first-order valence-electron chi connectivity index (χ1n) is 9.03. The first-order valence-corrected chi connectivity index (χ1v) is 11.3. The predicted octanol–water partition coefficient (Wildman–Crippen LogP) is 3.27. The highest BCUT2D eigenvalue weighted by molar-refractivity contribution is 14.1. The Morgan fingerprint density at radius 2 is 2.10 bits per heavy atom. The number of fused-ring (bicyclic) bond motifs is 1. The van der Waals surface area contributed by atoms with Crippen LogP contribution in [0.1, 0.15) is 24.3 Å². The van der Waals surface area contributed by atoms with E-state index in [4.69, 9.17) is 25.5 Å².